The zero-order chi connectivity index (χ0) is 17.6. The van der Waals surface area contributed by atoms with Crippen LogP contribution in [0.15, 0.2) is 60.8 Å². The van der Waals surface area contributed by atoms with Crippen LogP contribution in [-0.4, -0.2) is 15.9 Å². The molecule has 0 bridgehead atoms. The van der Waals surface area contributed by atoms with Crippen LogP contribution in [0.2, 0.25) is 10.0 Å². The molecule has 0 spiro atoms. The number of carbonyl (C=O) groups excluding carboxylic acids is 1. The van der Waals surface area contributed by atoms with Gasteiger partial charge in [0, 0.05) is 17.8 Å². The summed E-state index contributed by atoms with van der Waals surface area (Å²) >= 11 is 11.9. The molecule has 2 N–H and O–H groups in total. The lowest BCUT2D eigenvalue weighted by atomic mass is 10.2. The van der Waals surface area contributed by atoms with Crippen molar-refractivity contribution >= 4 is 40.7 Å². The highest BCUT2D eigenvalue weighted by Crippen LogP contribution is 2.25. The summed E-state index contributed by atoms with van der Waals surface area (Å²) in [6, 6.07) is 16.2. The van der Waals surface area contributed by atoms with Crippen LogP contribution >= 0.6 is 23.2 Å². The van der Waals surface area contributed by atoms with E-state index in [1.807, 2.05) is 30.3 Å². The molecule has 2 aromatic carbocycles. The van der Waals surface area contributed by atoms with Crippen molar-refractivity contribution < 1.29 is 4.79 Å². The summed E-state index contributed by atoms with van der Waals surface area (Å²) in [5.74, 6) is -0.00640. The van der Waals surface area contributed by atoms with E-state index in [9.17, 15) is 4.79 Å². The molecule has 0 unspecified atom stereocenters. The Hall–Kier alpha value is -2.63. The molecule has 3 rings (SSSR count). The van der Waals surface area contributed by atoms with E-state index in [2.05, 4.69) is 20.6 Å². The molecule has 1 amide bonds. The first-order chi connectivity index (χ1) is 12.1. The van der Waals surface area contributed by atoms with Crippen LogP contribution in [0.3, 0.4) is 0 Å². The number of anilines is 2. The first kappa shape index (κ1) is 17.2. The third-order valence-electron chi connectivity index (χ3n) is 3.36. The van der Waals surface area contributed by atoms with Gasteiger partial charge in [0.05, 0.1) is 10.7 Å². The van der Waals surface area contributed by atoms with Crippen molar-refractivity contribution in [3.8, 4) is 0 Å². The molecule has 0 aliphatic rings. The second-order valence-electron chi connectivity index (χ2n) is 5.18. The number of hydrogen-bond donors (Lipinski definition) is 2. The number of aromatic nitrogens is 2. The quantitative estimate of drug-likeness (QED) is 0.683. The molecule has 1 aromatic heterocycles. The van der Waals surface area contributed by atoms with Gasteiger partial charge < -0.3 is 10.6 Å². The summed E-state index contributed by atoms with van der Waals surface area (Å²) in [6.07, 6.45) is 1.53. The van der Waals surface area contributed by atoms with E-state index < -0.39 is 0 Å². The van der Waals surface area contributed by atoms with Gasteiger partial charge in [-0.3, -0.25) is 4.79 Å². The van der Waals surface area contributed by atoms with Crippen molar-refractivity contribution in [2.24, 2.45) is 0 Å². The Morgan fingerprint density at radius 2 is 1.84 bits per heavy atom. The highest BCUT2D eigenvalue weighted by atomic mass is 35.5. The van der Waals surface area contributed by atoms with Crippen molar-refractivity contribution in [2.75, 3.05) is 10.6 Å². The molecule has 25 heavy (non-hydrogen) atoms. The first-order valence-corrected chi connectivity index (χ1v) is 8.24. The van der Waals surface area contributed by atoms with Gasteiger partial charge in [0.1, 0.15) is 5.69 Å². The van der Waals surface area contributed by atoms with Gasteiger partial charge >= 0.3 is 0 Å². The molecule has 1 heterocycles. The van der Waals surface area contributed by atoms with E-state index in [1.54, 1.807) is 18.2 Å². The summed E-state index contributed by atoms with van der Waals surface area (Å²) in [7, 11) is 0. The fraction of sp³-hybridized carbons (Fsp3) is 0.0556. The Morgan fingerprint density at radius 1 is 1.04 bits per heavy atom. The number of amides is 1. The lowest BCUT2D eigenvalue weighted by Crippen LogP contribution is -2.15. The van der Waals surface area contributed by atoms with Gasteiger partial charge in [-0.25, -0.2) is 9.97 Å². The molecule has 0 fully saturated rings. The Kier molecular flexibility index (Phi) is 5.48. The third-order valence-corrected chi connectivity index (χ3v) is 3.91. The van der Waals surface area contributed by atoms with Crippen molar-refractivity contribution in [1.82, 2.24) is 9.97 Å². The average molecular weight is 373 g/mol. The monoisotopic (exact) mass is 372 g/mol. The third kappa shape index (κ3) is 4.68. The van der Waals surface area contributed by atoms with Gasteiger partial charge in [0.2, 0.25) is 5.95 Å². The van der Waals surface area contributed by atoms with Crippen LogP contribution in [0.1, 0.15) is 16.1 Å². The number of nitrogens with one attached hydrogen (secondary N) is 2. The molecule has 0 saturated carbocycles. The van der Waals surface area contributed by atoms with Crippen LogP contribution in [0, 0.1) is 0 Å². The summed E-state index contributed by atoms with van der Waals surface area (Å²) in [5, 5.41) is 6.66. The molecular weight excluding hydrogens is 359 g/mol. The normalized spacial score (nSPS) is 10.3. The van der Waals surface area contributed by atoms with Gasteiger partial charge in [-0.1, -0.05) is 53.5 Å². The van der Waals surface area contributed by atoms with Crippen molar-refractivity contribution in [2.45, 2.75) is 6.54 Å². The standard InChI is InChI=1S/C18H14Cl2N4O/c19-13-6-7-15(14(20)10-13)23-17(25)16-8-9-21-18(24-16)22-11-12-4-2-1-3-5-12/h1-10H,11H2,(H,23,25)(H,21,22,24). The van der Waals surface area contributed by atoms with Crippen LogP contribution < -0.4 is 10.6 Å². The van der Waals surface area contributed by atoms with E-state index in [0.29, 0.717) is 28.2 Å². The number of hydrogen-bond acceptors (Lipinski definition) is 4. The van der Waals surface area contributed by atoms with Gasteiger partial charge in [-0.05, 0) is 29.8 Å². The Bertz CT molecular complexity index is 887. The Balaban J connectivity index is 1.69. The number of carbonyl (C=O) groups is 1. The summed E-state index contributed by atoms with van der Waals surface area (Å²) in [5.41, 5.74) is 1.79. The molecule has 0 radical (unpaired) electrons. The second kappa shape index (κ2) is 7.96. The minimum atomic E-state index is -0.380. The lowest BCUT2D eigenvalue weighted by Gasteiger charge is -2.09. The maximum Gasteiger partial charge on any atom is 0.274 e. The number of halogens is 2. The zero-order valence-corrected chi connectivity index (χ0v) is 14.6. The highest BCUT2D eigenvalue weighted by Gasteiger charge is 2.11. The van der Waals surface area contributed by atoms with Crippen molar-refractivity contribution in [3.05, 3.63) is 82.1 Å². The number of nitrogens with zero attached hydrogens (tertiary/aromatic N) is 2. The van der Waals surface area contributed by atoms with E-state index in [-0.39, 0.29) is 11.6 Å². The second-order valence-corrected chi connectivity index (χ2v) is 6.03. The highest BCUT2D eigenvalue weighted by molar-refractivity contribution is 6.36. The molecule has 126 valence electrons. The topological polar surface area (TPSA) is 66.9 Å². The lowest BCUT2D eigenvalue weighted by molar-refractivity contribution is 0.102. The maximum atomic E-state index is 12.4. The smallest absolute Gasteiger partial charge is 0.274 e. The molecule has 0 atom stereocenters. The first-order valence-electron chi connectivity index (χ1n) is 7.49. The number of benzene rings is 2. The predicted molar refractivity (Wildman–Crippen MR) is 100 cm³/mol. The fourth-order valence-corrected chi connectivity index (χ4v) is 2.58. The summed E-state index contributed by atoms with van der Waals surface area (Å²) in [6.45, 7) is 0.564. The van der Waals surface area contributed by atoms with Gasteiger partial charge in [-0.2, -0.15) is 0 Å². The van der Waals surface area contributed by atoms with Crippen LogP contribution in [0.25, 0.3) is 0 Å². The zero-order valence-electron chi connectivity index (χ0n) is 13.0. The molecule has 5 nitrogen and oxygen atoms in total. The van der Waals surface area contributed by atoms with Crippen LogP contribution in [-0.2, 0) is 6.54 Å². The minimum Gasteiger partial charge on any atom is -0.350 e. The molecular formula is C18H14Cl2N4O. The van der Waals surface area contributed by atoms with E-state index in [4.69, 9.17) is 23.2 Å². The Labute approximate surface area is 155 Å². The maximum absolute atomic E-state index is 12.4. The number of rotatable bonds is 5. The van der Waals surface area contributed by atoms with Gasteiger partial charge in [0.25, 0.3) is 5.91 Å². The van der Waals surface area contributed by atoms with Crippen LogP contribution in [0.5, 0.6) is 0 Å². The molecule has 7 heteroatoms. The molecule has 3 aromatic rings. The minimum absolute atomic E-state index is 0.233. The van der Waals surface area contributed by atoms with Gasteiger partial charge in [0.15, 0.2) is 0 Å². The summed E-state index contributed by atoms with van der Waals surface area (Å²) in [4.78, 5) is 20.7. The van der Waals surface area contributed by atoms with E-state index in [0.717, 1.165) is 5.56 Å². The molecule has 0 aliphatic heterocycles. The van der Waals surface area contributed by atoms with Crippen molar-refractivity contribution in [3.63, 3.8) is 0 Å². The van der Waals surface area contributed by atoms with Crippen LogP contribution in [0.4, 0.5) is 11.6 Å². The molecule has 0 aliphatic carbocycles. The Morgan fingerprint density at radius 3 is 2.60 bits per heavy atom. The van der Waals surface area contributed by atoms with E-state index >= 15 is 0 Å². The largest absolute Gasteiger partial charge is 0.350 e. The SMILES string of the molecule is O=C(Nc1ccc(Cl)cc1Cl)c1ccnc(NCc2ccccc2)n1. The summed E-state index contributed by atoms with van der Waals surface area (Å²) < 4.78 is 0. The van der Waals surface area contributed by atoms with Gasteiger partial charge in [-0.15, -0.1) is 0 Å². The average Bonchev–Trinajstić information content (AvgIpc) is 2.63. The predicted octanol–water partition coefficient (Wildman–Crippen LogP) is 4.65. The fourth-order valence-electron chi connectivity index (χ4n) is 2.12. The van der Waals surface area contributed by atoms with E-state index in [1.165, 1.54) is 12.3 Å². The molecule has 0 saturated heterocycles. The van der Waals surface area contributed by atoms with Crippen molar-refractivity contribution in [1.29, 1.82) is 0 Å².